The van der Waals surface area contributed by atoms with Crippen LogP contribution in [0.3, 0.4) is 0 Å². The van der Waals surface area contributed by atoms with Crippen molar-refractivity contribution in [2.24, 2.45) is 0 Å². The fraction of sp³-hybridized carbons (Fsp3) is 0.346. The number of rotatable bonds is 5. The quantitative estimate of drug-likeness (QED) is 0.369. The van der Waals surface area contributed by atoms with Crippen molar-refractivity contribution in [3.8, 4) is 5.69 Å². The number of nitrogens with one attached hydrogen (secondary N) is 1. The number of nitrogens with zero attached hydrogens (tertiary/aromatic N) is 4. The second-order valence-corrected chi connectivity index (χ2v) is 9.81. The minimum atomic E-state index is -0.989. The van der Waals surface area contributed by atoms with Crippen LogP contribution < -0.4 is 5.32 Å². The van der Waals surface area contributed by atoms with E-state index in [-0.39, 0.29) is 17.7 Å². The molecule has 4 rings (SSSR count). The highest BCUT2D eigenvalue weighted by atomic mass is 19.1. The summed E-state index contributed by atoms with van der Waals surface area (Å²) in [5.74, 6) is -1.60. The Morgan fingerprint density at radius 3 is 2.43 bits per heavy atom. The summed E-state index contributed by atoms with van der Waals surface area (Å²) >= 11 is 0. The summed E-state index contributed by atoms with van der Waals surface area (Å²) in [7, 11) is 0. The van der Waals surface area contributed by atoms with Gasteiger partial charge >= 0.3 is 11.8 Å². The van der Waals surface area contributed by atoms with Crippen molar-refractivity contribution in [3.63, 3.8) is 0 Å². The molecule has 0 aliphatic carbocycles. The van der Waals surface area contributed by atoms with Gasteiger partial charge in [-0.05, 0) is 57.9 Å². The predicted octanol–water partition coefficient (Wildman–Crippen LogP) is 5.29. The van der Waals surface area contributed by atoms with Gasteiger partial charge in [0.05, 0.1) is 28.1 Å². The number of halogens is 1. The molecule has 37 heavy (non-hydrogen) atoms. The highest BCUT2D eigenvalue weighted by Gasteiger charge is 2.32. The summed E-state index contributed by atoms with van der Waals surface area (Å²) in [6.45, 7) is 6.35. The van der Waals surface area contributed by atoms with E-state index < -0.39 is 27.9 Å². The monoisotopic (exact) mass is 509 g/mol. The van der Waals surface area contributed by atoms with Crippen molar-refractivity contribution < 1.29 is 23.6 Å². The van der Waals surface area contributed by atoms with E-state index in [2.05, 4.69) is 10.4 Å². The van der Waals surface area contributed by atoms with Gasteiger partial charge in [-0.3, -0.25) is 14.9 Å². The number of para-hydroxylation sites is 1. The molecule has 1 N–H and O–H groups in total. The lowest BCUT2D eigenvalue weighted by atomic mass is 9.90. The standard InChI is InChI=1S/C26H28FN5O5/c1-26(2,3)37-25(34)30-13-11-17(12-14-30)23-20(16-28-31(23)19-7-5-4-6-8-19)24(33)29-18-9-10-21(27)22(15-18)32(35)36/h4-10,15-17H,11-14H2,1-3H3,(H,29,33). The molecule has 3 aromatic rings. The van der Waals surface area contributed by atoms with Gasteiger partial charge in [-0.2, -0.15) is 9.49 Å². The molecular weight excluding hydrogens is 481 g/mol. The molecule has 1 aliphatic heterocycles. The van der Waals surface area contributed by atoms with Crippen molar-refractivity contribution in [1.29, 1.82) is 0 Å². The van der Waals surface area contributed by atoms with E-state index in [9.17, 15) is 24.1 Å². The maximum atomic E-state index is 13.8. The van der Waals surface area contributed by atoms with E-state index in [1.165, 1.54) is 12.3 Å². The van der Waals surface area contributed by atoms with Crippen LogP contribution >= 0.6 is 0 Å². The molecule has 1 fully saturated rings. The van der Waals surface area contributed by atoms with E-state index in [4.69, 9.17) is 4.74 Å². The number of hydrogen-bond acceptors (Lipinski definition) is 6. The van der Waals surface area contributed by atoms with Crippen molar-refractivity contribution in [2.75, 3.05) is 18.4 Å². The van der Waals surface area contributed by atoms with Gasteiger partial charge in [0.2, 0.25) is 5.82 Å². The van der Waals surface area contributed by atoms with Crippen LogP contribution in [0.1, 0.15) is 55.6 Å². The molecule has 2 heterocycles. The largest absolute Gasteiger partial charge is 0.444 e. The normalized spacial score (nSPS) is 14.3. The summed E-state index contributed by atoms with van der Waals surface area (Å²) in [6.07, 6.45) is 2.24. The van der Waals surface area contributed by atoms with Gasteiger partial charge in [0.1, 0.15) is 5.60 Å². The third kappa shape index (κ3) is 5.93. The minimum Gasteiger partial charge on any atom is -0.444 e. The molecule has 10 nitrogen and oxygen atoms in total. The van der Waals surface area contributed by atoms with Gasteiger partial charge in [-0.1, -0.05) is 18.2 Å². The fourth-order valence-corrected chi connectivity index (χ4v) is 4.29. The zero-order valence-electron chi connectivity index (χ0n) is 20.8. The van der Waals surface area contributed by atoms with Crippen molar-refractivity contribution in [3.05, 3.63) is 81.9 Å². The molecule has 0 unspecified atom stereocenters. The van der Waals surface area contributed by atoms with Crippen molar-refractivity contribution in [2.45, 2.75) is 45.1 Å². The van der Waals surface area contributed by atoms with Crippen LogP contribution in [0.4, 0.5) is 20.6 Å². The Morgan fingerprint density at radius 1 is 1.14 bits per heavy atom. The highest BCUT2D eigenvalue weighted by molar-refractivity contribution is 6.05. The molecule has 0 bridgehead atoms. The first-order valence-electron chi connectivity index (χ1n) is 11.9. The average Bonchev–Trinajstić information content (AvgIpc) is 3.30. The lowest BCUT2D eigenvalue weighted by molar-refractivity contribution is -0.387. The fourth-order valence-electron chi connectivity index (χ4n) is 4.29. The molecule has 0 saturated carbocycles. The Hall–Kier alpha value is -4.28. The summed E-state index contributed by atoms with van der Waals surface area (Å²) in [4.78, 5) is 37.7. The number of anilines is 1. The maximum absolute atomic E-state index is 13.8. The van der Waals surface area contributed by atoms with Crippen LogP contribution in [0.25, 0.3) is 5.69 Å². The average molecular weight is 510 g/mol. The first kappa shape index (κ1) is 25.8. The Balaban J connectivity index is 1.61. The summed E-state index contributed by atoms with van der Waals surface area (Å²) in [5.41, 5.74) is 0.503. The van der Waals surface area contributed by atoms with Gasteiger partial charge in [0.25, 0.3) is 5.91 Å². The maximum Gasteiger partial charge on any atom is 0.410 e. The van der Waals surface area contributed by atoms with Gasteiger partial charge in [0, 0.05) is 30.8 Å². The van der Waals surface area contributed by atoms with Crippen molar-refractivity contribution >= 4 is 23.4 Å². The van der Waals surface area contributed by atoms with Crippen LogP contribution in [-0.4, -0.2) is 50.3 Å². The first-order valence-corrected chi connectivity index (χ1v) is 11.9. The van der Waals surface area contributed by atoms with E-state index >= 15 is 0 Å². The number of amides is 2. The second kappa shape index (κ2) is 10.4. The highest BCUT2D eigenvalue weighted by Crippen LogP contribution is 2.33. The number of carbonyl (C=O) groups is 2. The molecule has 1 saturated heterocycles. The van der Waals surface area contributed by atoms with Crippen LogP contribution in [0.2, 0.25) is 0 Å². The zero-order chi connectivity index (χ0) is 26.7. The molecule has 2 aromatic carbocycles. The molecule has 1 aromatic heterocycles. The molecule has 0 spiro atoms. The Kier molecular flexibility index (Phi) is 7.23. The van der Waals surface area contributed by atoms with Crippen LogP contribution in [-0.2, 0) is 4.74 Å². The smallest absolute Gasteiger partial charge is 0.410 e. The topological polar surface area (TPSA) is 120 Å². The van der Waals surface area contributed by atoms with Crippen LogP contribution in [0, 0.1) is 15.9 Å². The number of piperidine rings is 1. The first-order chi connectivity index (χ1) is 17.5. The third-order valence-electron chi connectivity index (χ3n) is 5.99. The van der Waals surface area contributed by atoms with Gasteiger partial charge in [-0.25, -0.2) is 9.48 Å². The molecule has 2 amide bonds. The summed E-state index contributed by atoms with van der Waals surface area (Å²) < 4.78 is 20.9. The van der Waals surface area contributed by atoms with E-state index in [0.29, 0.717) is 37.2 Å². The number of benzene rings is 2. The Morgan fingerprint density at radius 2 is 1.81 bits per heavy atom. The summed E-state index contributed by atoms with van der Waals surface area (Å²) in [5, 5.41) is 18.2. The molecule has 194 valence electrons. The zero-order valence-corrected chi connectivity index (χ0v) is 20.8. The molecule has 0 atom stereocenters. The van der Waals surface area contributed by atoms with Gasteiger partial charge in [-0.15, -0.1) is 0 Å². The molecule has 11 heteroatoms. The van der Waals surface area contributed by atoms with Gasteiger partial charge < -0.3 is 15.0 Å². The Bertz CT molecular complexity index is 1310. The predicted molar refractivity (Wildman–Crippen MR) is 134 cm³/mol. The number of carbonyl (C=O) groups excluding carboxylic acids is 2. The summed E-state index contributed by atoms with van der Waals surface area (Å²) in [6, 6.07) is 12.5. The van der Waals surface area contributed by atoms with Crippen molar-refractivity contribution in [1.82, 2.24) is 14.7 Å². The molecule has 1 aliphatic rings. The number of nitro benzene ring substituents is 1. The number of nitro groups is 1. The number of hydrogen-bond donors (Lipinski definition) is 1. The van der Waals surface area contributed by atoms with Crippen LogP contribution in [0.15, 0.2) is 54.7 Å². The minimum absolute atomic E-state index is 0.0929. The Labute approximate surface area is 213 Å². The third-order valence-corrected chi connectivity index (χ3v) is 5.99. The number of aromatic nitrogens is 2. The molecule has 0 radical (unpaired) electrons. The SMILES string of the molecule is CC(C)(C)OC(=O)N1CCC(c2c(C(=O)Nc3ccc(F)c([N+](=O)[O-])c3)cnn2-c2ccccc2)CC1. The van der Waals surface area contributed by atoms with E-state index in [1.54, 1.807) is 9.58 Å². The van der Waals surface area contributed by atoms with Gasteiger partial charge in [0.15, 0.2) is 0 Å². The lowest BCUT2D eigenvalue weighted by Crippen LogP contribution is -2.41. The van der Waals surface area contributed by atoms with E-state index in [0.717, 1.165) is 17.8 Å². The van der Waals surface area contributed by atoms with E-state index in [1.807, 2.05) is 51.1 Å². The second-order valence-electron chi connectivity index (χ2n) is 9.81. The lowest BCUT2D eigenvalue weighted by Gasteiger charge is -2.34. The number of likely N-dealkylation sites (tertiary alicyclic amines) is 1. The number of ether oxygens (including phenoxy) is 1. The van der Waals surface area contributed by atoms with Crippen LogP contribution in [0.5, 0.6) is 0 Å². The molecular formula is C26H28FN5O5.